The molecule has 0 aromatic heterocycles. The lowest BCUT2D eigenvalue weighted by molar-refractivity contribution is 0.759. The summed E-state index contributed by atoms with van der Waals surface area (Å²) >= 11 is 0. The van der Waals surface area contributed by atoms with Crippen LogP contribution in [0.3, 0.4) is 0 Å². The molecule has 0 aliphatic heterocycles. The van der Waals surface area contributed by atoms with Gasteiger partial charge in [-0.1, -0.05) is 51.0 Å². The zero-order valence-corrected chi connectivity index (χ0v) is 8.67. The van der Waals surface area contributed by atoms with Crippen molar-refractivity contribution in [3.05, 3.63) is 38.2 Å². The molecule has 0 amide bonds. The van der Waals surface area contributed by atoms with E-state index in [9.17, 15) is 0 Å². The van der Waals surface area contributed by atoms with Crippen molar-refractivity contribution in [1.82, 2.24) is 0 Å². The van der Waals surface area contributed by atoms with Gasteiger partial charge in [0.25, 0.3) is 0 Å². The second-order valence-electron chi connectivity index (χ2n) is 3.17. The third kappa shape index (κ3) is 11.5. The Morgan fingerprint density at radius 1 is 0.692 bits per heavy atom. The van der Waals surface area contributed by atoms with E-state index in [0.717, 1.165) is 25.7 Å². The maximum Gasteiger partial charge on any atom is -0.0169 e. The summed E-state index contributed by atoms with van der Waals surface area (Å²) in [6.45, 7) is 7.59. The Labute approximate surface area is 83.7 Å². The minimum Gasteiger partial charge on any atom is -0.0882 e. The van der Waals surface area contributed by atoms with Crippen molar-refractivity contribution in [2.45, 2.75) is 44.9 Å². The van der Waals surface area contributed by atoms with E-state index in [1.54, 1.807) is 0 Å². The molecule has 0 aliphatic rings. The van der Waals surface area contributed by atoms with Crippen LogP contribution in [0.1, 0.15) is 44.9 Å². The summed E-state index contributed by atoms with van der Waals surface area (Å²) < 4.78 is 0. The van der Waals surface area contributed by atoms with Crippen molar-refractivity contribution in [3.8, 4) is 0 Å². The molecule has 0 unspecified atom stereocenters. The standard InChI is InChI=1S/C13H22/c1-3-5-7-9-11-13-12-10-8-6-4-2/h7,9,12-13H,1-6,8,10-11H2. The van der Waals surface area contributed by atoms with Gasteiger partial charge in [0, 0.05) is 0 Å². The SMILES string of the molecule is [CH2]CCC=CCC=CCCCC[CH2]. The predicted octanol–water partition coefficient (Wildman–Crippen LogP) is 4.50. The molecule has 0 saturated heterocycles. The van der Waals surface area contributed by atoms with Crippen LogP contribution in [0, 0.1) is 13.8 Å². The fourth-order valence-electron chi connectivity index (χ4n) is 1.06. The van der Waals surface area contributed by atoms with Gasteiger partial charge in [-0.15, -0.1) is 0 Å². The average Bonchev–Trinajstić information content (AvgIpc) is 2.16. The quantitative estimate of drug-likeness (QED) is 0.379. The van der Waals surface area contributed by atoms with Gasteiger partial charge < -0.3 is 0 Å². The van der Waals surface area contributed by atoms with Crippen LogP contribution in [0.4, 0.5) is 0 Å². The molecule has 74 valence electrons. The van der Waals surface area contributed by atoms with Crippen molar-refractivity contribution in [2.24, 2.45) is 0 Å². The van der Waals surface area contributed by atoms with E-state index in [1.807, 2.05) is 0 Å². The summed E-state index contributed by atoms with van der Waals surface area (Å²) in [5, 5.41) is 0. The molecule has 0 bridgehead atoms. The van der Waals surface area contributed by atoms with Crippen LogP contribution in [-0.2, 0) is 0 Å². The molecule has 0 nitrogen and oxygen atoms in total. The first-order valence-corrected chi connectivity index (χ1v) is 5.30. The van der Waals surface area contributed by atoms with Crippen LogP contribution in [0.25, 0.3) is 0 Å². The summed E-state index contributed by atoms with van der Waals surface area (Å²) in [6, 6.07) is 0. The Hall–Kier alpha value is -0.520. The molecule has 0 heteroatoms. The molecule has 0 aromatic carbocycles. The molecule has 0 rings (SSSR count). The Balaban J connectivity index is 3.11. The molecule has 0 saturated carbocycles. The lowest BCUT2D eigenvalue weighted by Crippen LogP contribution is -1.70. The summed E-state index contributed by atoms with van der Waals surface area (Å²) in [7, 11) is 0. The van der Waals surface area contributed by atoms with Crippen LogP contribution >= 0.6 is 0 Å². The van der Waals surface area contributed by atoms with Crippen molar-refractivity contribution in [2.75, 3.05) is 0 Å². The molecule has 0 N–H and O–H groups in total. The largest absolute Gasteiger partial charge is 0.0882 e. The van der Waals surface area contributed by atoms with E-state index < -0.39 is 0 Å². The van der Waals surface area contributed by atoms with Crippen LogP contribution in [0.15, 0.2) is 24.3 Å². The molecule has 2 radical (unpaired) electrons. The van der Waals surface area contributed by atoms with Gasteiger partial charge in [0.1, 0.15) is 0 Å². The first-order valence-electron chi connectivity index (χ1n) is 5.30. The van der Waals surface area contributed by atoms with E-state index in [4.69, 9.17) is 0 Å². The Morgan fingerprint density at radius 2 is 1.38 bits per heavy atom. The average molecular weight is 178 g/mol. The van der Waals surface area contributed by atoms with Crippen molar-refractivity contribution in [1.29, 1.82) is 0 Å². The molecular formula is C13H22. The minimum atomic E-state index is 1.00. The minimum absolute atomic E-state index is 1.00. The zero-order chi connectivity index (χ0) is 9.78. The maximum absolute atomic E-state index is 3.81. The Kier molecular flexibility index (Phi) is 11.0. The number of rotatable bonds is 8. The second-order valence-corrected chi connectivity index (χ2v) is 3.17. The molecule has 0 aromatic rings. The third-order valence-electron chi connectivity index (χ3n) is 1.85. The summed E-state index contributed by atoms with van der Waals surface area (Å²) in [4.78, 5) is 0. The van der Waals surface area contributed by atoms with Crippen LogP contribution in [0.5, 0.6) is 0 Å². The Morgan fingerprint density at radius 3 is 2.00 bits per heavy atom. The van der Waals surface area contributed by atoms with Crippen molar-refractivity contribution in [3.63, 3.8) is 0 Å². The lowest BCUT2D eigenvalue weighted by Gasteiger charge is -1.90. The van der Waals surface area contributed by atoms with Gasteiger partial charge in [-0.25, -0.2) is 0 Å². The number of hydrogen-bond acceptors (Lipinski definition) is 0. The topological polar surface area (TPSA) is 0 Å². The fourth-order valence-corrected chi connectivity index (χ4v) is 1.06. The summed E-state index contributed by atoms with van der Waals surface area (Å²) in [5.74, 6) is 0. The second kappa shape index (κ2) is 11.5. The highest BCUT2D eigenvalue weighted by molar-refractivity contribution is 4.92. The van der Waals surface area contributed by atoms with Gasteiger partial charge in [0.15, 0.2) is 0 Å². The van der Waals surface area contributed by atoms with Gasteiger partial charge in [-0.3, -0.25) is 0 Å². The van der Waals surface area contributed by atoms with Crippen LogP contribution in [-0.4, -0.2) is 0 Å². The van der Waals surface area contributed by atoms with Gasteiger partial charge in [0.2, 0.25) is 0 Å². The third-order valence-corrected chi connectivity index (χ3v) is 1.85. The van der Waals surface area contributed by atoms with E-state index in [0.29, 0.717) is 0 Å². The van der Waals surface area contributed by atoms with Crippen molar-refractivity contribution >= 4 is 0 Å². The number of unbranched alkanes of at least 4 members (excludes halogenated alkanes) is 4. The molecule has 0 atom stereocenters. The highest BCUT2D eigenvalue weighted by Crippen LogP contribution is 2.00. The molecule has 0 fully saturated rings. The van der Waals surface area contributed by atoms with Crippen LogP contribution in [0.2, 0.25) is 0 Å². The van der Waals surface area contributed by atoms with E-state index >= 15 is 0 Å². The zero-order valence-electron chi connectivity index (χ0n) is 8.67. The molecule has 13 heavy (non-hydrogen) atoms. The molecule has 0 heterocycles. The van der Waals surface area contributed by atoms with Gasteiger partial charge in [-0.2, -0.15) is 0 Å². The summed E-state index contributed by atoms with van der Waals surface area (Å²) in [6.07, 6.45) is 16.9. The summed E-state index contributed by atoms with van der Waals surface area (Å²) in [5.41, 5.74) is 0. The number of hydrogen-bond donors (Lipinski definition) is 0. The number of allylic oxidation sites excluding steroid dienone is 4. The highest BCUT2D eigenvalue weighted by atomic mass is 13.9. The monoisotopic (exact) mass is 178 g/mol. The Bertz CT molecular complexity index is 131. The van der Waals surface area contributed by atoms with Crippen molar-refractivity contribution < 1.29 is 0 Å². The lowest BCUT2D eigenvalue weighted by atomic mass is 10.2. The fraction of sp³-hybridized carbons (Fsp3) is 0.538. The smallest absolute Gasteiger partial charge is 0.0169 e. The van der Waals surface area contributed by atoms with Gasteiger partial charge in [-0.05, 0) is 32.1 Å². The highest BCUT2D eigenvalue weighted by Gasteiger charge is 1.80. The predicted molar refractivity (Wildman–Crippen MR) is 61.3 cm³/mol. The molecule has 0 aliphatic carbocycles. The first-order chi connectivity index (χ1) is 6.41. The first kappa shape index (κ1) is 12.5. The molecule has 0 spiro atoms. The van der Waals surface area contributed by atoms with Gasteiger partial charge >= 0.3 is 0 Å². The van der Waals surface area contributed by atoms with Crippen LogP contribution < -0.4 is 0 Å². The molecular weight excluding hydrogens is 156 g/mol. The van der Waals surface area contributed by atoms with E-state index in [2.05, 4.69) is 38.2 Å². The maximum atomic E-state index is 3.81. The van der Waals surface area contributed by atoms with Gasteiger partial charge in [0.05, 0.1) is 0 Å². The van der Waals surface area contributed by atoms with E-state index in [1.165, 1.54) is 19.3 Å². The van der Waals surface area contributed by atoms with E-state index in [-0.39, 0.29) is 0 Å². The normalized spacial score (nSPS) is 11.8.